The third-order valence-electron chi connectivity index (χ3n) is 5.63. The molecule has 0 bridgehead atoms. The van der Waals surface area contributed by atoms with Crippen LogP contribution in [0.1, 0.15) is 19.4 Å². The maximum atomic E-state index is 13.1. The highest BCUT2D eigenvalue weighted by Gasteiger charge is 2.30. The van der Waals surface area contributed by atoms with Gasteiger partial charge in [0.1, 0.15) is 11.9 Å². The Morgan fingerprint density at radius 1 is 1.22 bits per heavy atom. The topological polar surface area (TPSA) is 108 Å². The van der Waals surface area contributed by atoms with Crippen molar-refractivity contribution >= 4 is 21.6 Å². The largest absolute Gasteiger partial charge is 0.488 e. The van der Waals surface area contributed by atoms with Crippen molar-refractivity contribution in [2.75, 3.05) is 31.5 Å². The number of nitrogens with one attached hydrogen (secondary N) is 2. The molecule has 0 aromatic heterocycles. The van der Waals surface area contributed by atoms with Crippen molar-refractivity contribution in [2.45, 2.75) is 37.3 Å². The average molecular weight is 462 g/mol. The molecule has 3 atom stereocenters. The second kappa shape index (κ2) is 10.3. The van der Waals surface area contributed by atoms with Gasteiger partial charge in [-0.25, -0.2) is 8.42 Å². The lowest BCUT2D eigenvalue weighted by atomic mass is 10.0. The standard InChI is InChI=1S/C23H31N3O5S/c1-16-14-26(17(2)15-27)23(28)12-18-11-19(9-10-21(18)31-22(16)13-24-3)25-32(29,30)20-7-5-4-6-8-20/h4-11,16-17,22,24-25,27H,12-15H2,1-3H3/t16-,17-,22-/m0/s1. The monoisotopic (exact) mass is 461 g/mol. The molecule has 8 nitrogen and oxygen atoms in total. The lowest BCUT2D eigenvalue weighted by molar-refractivity contribution is -0.134. The van der Waals surface area contributed by atoms with Crippen molar-refractivity contribution in [3.8, 4) is 5.75 Å². The number of carbonyl (C=O) groups is 1. The third kappa shape index (κ3) is 5.59. The van der Waals surface area contributed by atoms with Crippen molar-refractivity contribution < 1.29 is 23.1 Å². The van der Waals surface area contributed by atoms with Crippen molar-refractivity contribution in [1.82, 2.24) is 10.2 Å². The summed E-state index contributed by atoms with van der Waals surface area (Å²) in [6.45, 7) is 4.72. The quantitative estimate of drug-likeness (QED) is 0.581. The Kier molecular flexibility index (Phi) is 7.76. The molecule has 1 aliphatic heterocycles. The van der Waals surface area contributed by atoms with Gasteiger partial charge in [0.05, 0.1) is 24.0 Å². The van der Waals surface area contributed by atoms with Gasteiger partial charge in [-0.1, -0.05) is 25.1 Å². The van der Waals surface area contributed by atoms with Crippen molar-refractivity contribution in [3.63, 3.8) is 0 Å². The molecule has 0 spiro atoms. The zero-order valence-corrected chi connectivity index (χ0v) is 19.4. The van der Waals surface area contributed by atoms with Crippen LogP contribution in [0.15, 0.2) is 53.4 Å². The van der Waals surface area contributed by atoms with Gasteiger partial charge < -0.3 is 20.1 Å². The number of sulfonamides is 1. The van der Waals surface area contributed by atoms with Crippen LogP contribution in [-0.2, 0) is 21.2 Å². The number of aliphatic hydroxyl groups is 1. The summed E-state index contributed by atoms with van der Waals surface area (Å²) in [6, 6.07) is 12.7. The summed E-state index contributed by atoms with van der Waals surface area (Å²) in [7, 11) is -1.92. The molecule has 32 heavy (non-hydrogen) atoms. The highest BCUT2D eigenvalue weighted by atomic mass is 32.2. The number of nitrogens with zero attached hydrogens (tertiary/aromatic N) is 1. The van der Waals surface area contributed by atoms with Gasteiger partial charge in [0.25, 0.3) is 10.0 Å². The van der Waals surface area contributed by atoms with Crippen LogP contribution in [0.25, 0.3) is 0 Å². The summed E-state index contributed by atoms with van der Waals surface area (Å²) < 4.78 is 34.3. The van der Waals surface area contributed by atoms with Gasteiger partial charge in [0, 0.05) is 30.3 Å². The van der Waals surface area contributed by atoms with E-state index < -0.39 is 10.0 Å². The van der Waals surface area contributed by atoms with E-state index in [9.17, 15) is 18.3 Å². The second-order valence-electron chi connectivity index (χ2n) is 8.19. The first-order chi connectivity index (χ1) is 15.2. The molecular weight excluding hydrogens is 430 g/mol. The van der Waals surface area contributed by atoms with E-state index in [4.69, 9.17) is 4.74 Å². The molecule has 0 aliphatic carbocycles. The van der Waals surface area contributed by atoms with E-state index in [1.807, 2.05) is 20.9 Å². The summed E-state index contributed by atoms with van der Waals surface area (Å²) in [6.07, 6.45) is -0.163. The van der Waals surface area contributed by atoms with Crippen molar-refractivity contribution in [1.29, 1.82) is 0 Å². The van der Waals surface area contributed by atoms with E-state index in [0.29, 0.717) is 30.1 Å². The first kappa shape index (κ1) is 24.0. The minimum absolute atomic E-state index is 0.0163. The van der Waals surface area contributed by atoms with Crippen LogP contribution in [0.4, 0.5) is 5.69 Å². The van der Waals surface area contributed by atoms with Gasteiger partial charge in [-0.05, 0) is 44.3 Å². The lowest BCUT2D eigenvalue weighted by Crippen LogP contribution is -2.47. The zero-order chi connectivity index (χ0) is 23.3. The molecule has 0 unspecified atom stereocenters. The predicted molar refractivity (Wildman–Crippen MR) is 123 cm³/mol. The van der Waals surface area contributed by atoms with Gasteiger partial charge >= 0.3 is 0 Å². The van der Waals surface area contributed by atoms with E-state index in [1.165, 1.54) is 12.1 Å². The van der Waals surface area contributed by atoms with Crippen LogP contribution in [0.5, 0.6) is 5.75 Å². The molecule has 1 amide bonds. The smallest absolute Gasteiger partial charge is 0.261 e. The molecule has 2 aromatic carbocycles. The van der Waals surface area contributed by atoms with E-state index in [2.05, 4.69) is 10.0 Å². The summed E-state index contributed by atoms with van der Waals surface area (Å²) >= 11 is 0. The number of hydrogen-bond donors (Lipinski definition) is 3. The van der Waals surface area contributed by atoms with E-state index in [-0.39, 0.29) is 41.9 Å². The molecule has 1 heterocycles. The van der Waals surface area contributed by atoms with Gasteiger partial charge in [0.15, 0.2) is 0 Å². The maximum absolute atomic E-state index is 13.1. The number of carbonyl (C=O) groups excluding carboxylic acids is 1. The average Bonchev–Trinajstić information content (AvgIpc) is 2.82. The molecule has 0 saturated carbocycles. The van der Waals surface area contributed by atoms with Crippen LogP contribution in [0, 0.1) is 5.92 Å². The summed E-state index contributed by atoms with van der Waals surface area (Å²) in [4.78, 5) is 14.9. The van der Waals surface area contributed by atoms with Gasteiger partial charge in [-0.2, -0.15) is 0 Å². The molecule has 2 aromatic rings. The highest BCUT2D eigenvalue weighted by Crippen LogP contribution is 2.29. The fourth-order valence-corrected chi connectivity index (χ4v) is 4.82. The number of aliphatic hydroxyl groups excluding tert-OH is 1. The van der Waals surface area contributed by atoms with Crippen LogP contribution < -0.4 is 14.8 Å². The normalized spacial score (nSPS) is 20.4. The molecule has 9 heteroatoms. The molecule has 3 N–H and O–H groups in total. The van der Waals surface area contributed by atoms with Gasteiger partial charge in [0.2, 0.25) is 5.91 Å². The minimum atomic E-state index is -3.76. The SMILES string of the molecule is CNC[C@@H]1Oc2ccc(NS(=O)(=O)c3ccccc3)cc2CC(=O)N([C@@H](C)CO)C[C@@H]1C. The summed E-state index contributed by atoms with van der Waals surface area (Å²) in [5.74, 6) is 0.422. The van der Waals surface area contributed by atoms with Crippen molar-refractivity contribution in [3.05, 3.63) is 54.1 Å². The lowest BCUT2D eigenvalue weighted by Gasteiger charge is -2.32. The Balaban J connectivity index is 1.96. The molecular formula is C23H31N3O5S. The Bertz CT molecular complexity index is 1030. The molecule has 174 valence electrons. The van der Waals surface area contributed by atoms with Crippen LogP contribution in [0.3, 0.4) is 0 Å². The molecule has 1 aliphatic rings. The maximum Gasteiger partial charge on any atom is 0.261 e. The molecule has 0 radical (unpaired) electrons. The third-order valence-corrected chi connectivity index (χ3v) is 7.02. The highest BCUT2D eigenvalue weighted by molar-refractivity contribution is 7.92. The molecule has 0 saturated heterocycles. The number of likely N-dealkylation sites (N-methyl/N-ethyl adjacent to an activating group) is 1. The number of amides is 1. The van der Waals surface area contributed by atoms with Crippen LogP contribution in [-0.4, -0.2) is 63.2 Å². The van der Waals surface area contributed by atoms with E-state index in [1.54, 1.807) is 41.3 Å². The molecule has 3 rings (SSSR count). The minimum Gasteiger partial charge on any atom is -0.488 e. The van der Waals surface area contributed by atoms with E-state index in [0.717, 1.165) is 0 Å². The zero-order valence-electron chi connectivity index (χ0n) is 18.6. The van der Waals surface area contributed by atoms with Gasteiger partial charge in [-0.15, -0.1) is 0 Å². The first-order valence-electron chi connectivity index (χ1n) is 10.7. The van der Waals surface area contributed by atoms with Crippen molar-refractivity contribution in [2.24, 2.45) is 5.92 Å². The fourth-order valence-electron chi connectivity index (χ4n) is 3.75. The number of hydrogen-bond acceptors (Lipinski definition) is 6. The van der Waals surface area contributed by atoms with E-state index >= 15 is 0 Å². The number of fused-ring (bicyclic) bond motifs is 1. The Morgan fingerprint density at radius 3 is 2.59 bits per heavy atom. The number of benzene rings is 2. The van der Waals surface area contributed by atoms with Gasteiger partial charge in [-0.3, -0.25) is 9.52 Å². The summed E-state index contributed by atoms with van der Waals surface area (Å²) in [5.41, 5.74) is 0.942. The summed E-state index contributed by atoms with van der Waals surface area (Å²) in [5, 5.41) is 12.8. The Labute approximate surface area is 189 Å². The number of rotatable bonds is 7. The first-order valence-corrected chi connectivity index (χ1v) is 12.2. The van der Waals surface area contributed by atoms with Crippen LogP contribution in [0.2, 0.25) is 0 Å². The second-order valence-corrected chi connectivity index (χ2v) is 9.87. The Morgan fingerprint density at radius 2 is 1.94 bits per heavy atom. The number of anilines is 1. The number of ether oxygens (including phenoxy) is 1. The molecule has 0 fully saturated rings. The fraction of sp³-hybridized carbons (Fsp3) is 0.435. The Hall–Kier alpha value is -2.62. The van der Waals surface area contributed by atoms with Crippen LogP contribution >= 0.6 is 0 Å². The predicted octanol–water partition coefficient (Wildman–Crippen LogP) is 1.86.